The number of rotatable bonds is 5. The van der Waals surface area contributed by atoms with E-state index in [2.05, 4.69) is 28.2 Å². The molecule has 1 saturated heterocycles. The number of hydrogen-bond acceptors (Lipinski definition) is 4. The molecule has 0 aliphatic carbocycles. The third-order valence-corrected chi connectivity index (χ3v) is 3.19. The van der Waals surface area contributed by atoms with Crippen molar-refractivity contribution in [2.75, 3.05) is 32.8 Å². The Balaban J connectivity index is 1.63. The molecule has 1 unspecified atom stereocenters. The van der Waals surface area contributed by atoms with Crippen molar-refractivity contribution in [3.63, 3.8) is 0 Å². The third-order valence-electron chi connectivity index (χ3n) is 3.19. The Hall–Kier alpha value is -0.970. The van der Waals surface area contributed by atoms with Gasteiger partial charge in [0.1, 0.15) is 0 Å². The zero-order valence-corrected chi connectivity index (χ0v) is 11.1. The van der Waals surface area contributed by atoms with Gasteiger partial charge in [0.25, 0.3) is 0 Å². The first-order valence-corrected chi connectivity index (χ1v) is 6.78. The van der Waals surface area contributed by atoms with Gasteiger partial charge >= 0.3 is 0 Å². The molecule has 2 rings (SSSR count). The molecule has 1 aromatic rings. The fraction of sp³-hybridized carbons (Fsp3) is 0.643. The minimum atomic E-state index is 0.367. The van der Waals surface area contributed by atoms with E-state index in [-0.39, 0.29) is 0 Å². The van der Waals surface area contributed by atoms with Gasteiger partial charge in [-0.3, -0.25) is 9.88 Å². The molecule has 4 nitrogen and oxygen atoms in total. The lowest BCUT2D eigenvalue weighted by Gasteiger charge is -2.21. The molecule has 0 spiro atoms. The van der Waals surface area contributed by atoms with Crippen molar-refractivity contribution in [2.24, 2.45) is 0 Å². The van der Waals surface area contributed by atoms with Gasteiger partial charge in [-0.15, -0.1) is 0 Å². The highest BCUT2D eigenvalue weighted by Gasteiger charge is 2.13. The SMILES string of the molecule is CC1CN(CCNCc2cccnc2)CCCO1. The molecule has 1 fully saturated rings. The molecule has 4 heteroatoms. The van der Waals surface area contributed by atoms with E-state index in [1.54, 1.807) is 0 Å². The van der Waals surface area contributed by atoms with E-state index >= 15 is 0 Å². The van der Waals surface area contributed by atoms with Crippen LogP contribution in [0, 0.1) is 0 Å². The van der Waals surface area contributed by atoms with Gasteiger partial charge < -0.3 is 10.1 Å². The minimum Gasteiger partial charge on any atom is -0.377 e. The second-order valence-corrected chi connectivity index (χ2v) is 4.87. The smallest absolute Gasteiger partial charge is 0.0673 e. The van der Waals surface area contributed by atoms with E-state index in [0.29, 0.717) is 6.10 Å². The maximum absolute atomic E-state index is 5.64. The van der Waals surface area contributed by atoms with Gasteiger partial charge in [-0.2, -0.15) is 0 Å². The Kier molecular flexibility index (Phi) is 5.58. The topological polar surface area (TPSA) is 37.4 Å². The Bertz CT molecular complexity index is 331. The van der Waals surface area contributed by atoms with E-state index in [4.69, 9.17) is 4.74 Å². The fourth-order valence-electron chi connectivity index (χ4n) is 2.26. The van der Waals surface area contributed by atoms with E-state index in [9.17, 15) is 0 Å². The molecule has 0 aromatic carbocycles. The first kappa shape index (κ1) is 13.5. The van der Waals surface area contributed by atoms with Crippen LogP contribution in [0.5, 0.6) is 0 Å². The summed E-state index contributed by atoms with van der Waals surface area (Å²) in [6.45, 7) is 8.26. The first-order valence-electron chi connectivity index (χ1n) is 6.78. The molecule has 0 amide bonds. The zero-order chi connectivity index (χ0) is 12.6. The van der Waals surface area contributed by atoms with Crippen LogP contribution in [-0.4, -0.2) is 48.8 Å². The van der Waals surface area contributed by atoms with Crippen LogP contribution in [0.1, 0.15) is 18.9 Å². The fourth-order valence-corrected chi connectivity index (χ4v) is 2.26. The van der Waals surface area contributed by atoms with Crippen LogP contribution >= 0.6 is 0 Å². The molecule has 1 aromatic heterocycles. The largest absolute Gasteiger partial charge is 0.377 e. The molecule has 2 heterocycles. The summed E-state index contributed by atoms with van der Waals surface area (Å²) < 4.78 is 5.64. The Morgan fingerprint density at radius 2 is 2.50 bits per heavy atom. The summed E-state index contributed by atoms with van der Waals surface area (Å²) in [5, 5.41) is 3.46. The van der Waals surface area contributed by atoms with Gasteiger partial charge in [0.2, 0.25) is 0 Å². The lowest BCUT2D eigenvalue weighted by atomic mass is 10.3. The summed E-state index contributed by atoms with van der Waals surface area (Å²) in [5.74, 6) is 0. The van der Waals surface area contributed by atoms with Crippen molar-refractivity contribution in [1.29, 1.82) is 0 Å². The minimum absolute atomic E-state index is 0.367. The standard InChI is InChI=1S/C14H23N3O/c1-13-12-17(7-3-9-18-13)8-6-16-11-14-4-2-5-15-10-14/h2,4-5,10,13,16H,3,6-9,11-12H2,1H3. The van der Waals surface area contributed by atoms with Crippen molar-refractivity contribution in [3.8, 4) is 0 Å². The van der Waals surface area contributed by atoms with Gasteiger partial charge in [0.15, 0.2) is 0 Å². The second kappa shape index (κ2) is 7.46. The molecule has 18 heavy (non-hydrogen) atoms. The number of nitrogens with zero attached hydrogens (tertiary/aromatic N) is 2. The van der Waals surface area contributed by atoms with Crippen molar-refractivity contribution in [1.82, 2.24) is 15.2 Å². The maximum atomic E-state index is 5.64. The Morgan fingerprint density at radius 1 is 1.56 bits per heavy atom. The van der Waals surface area contributed by atoms with Crippen LogP contribution in [0.3, 0.4) is 0 Å². The summed E-state index contributed by atoms with van der Waals surface area (Å²) in [5.41, 5.74) is 1.24. The molecule has 1 atom stereocenters. The highest BCUT2D eigenvalue weighted by molar-refractivity contribution is 5.07. The molecular weight excluding hydrogens is 226 g/mol. The van der Waals surface area contributed by atoms with Crippen LogP contribution < -0.4 is 5.32 Å². The van der Waals surface area contributed by atoms with E-state index in [1.165, 1.54) is 5.56 Å². The monoisotopic (exact) mass is 249 g/mol. The number of hydrogen-bond donors (Lipinski definition) is 1. The lowest BCUT2D eigenvalue weighted by Crippen LogP contribution is -2.35. The Labute approximate surface area is 109 Å². The van der Waals surface area contributed by atoms with Gasteiger partial charge in [-0.05, 0) is 25.0 Å². The zero-order valence-electron chi connectivity index (χ0n) is 11.1. The van der Waals surface area contributed by atoms with Crippen LogP contribution in [0.25, 0.3) is 0 Å². The number of nitrogens with one attached hydrogen (secondary N) is 1. The molecule has 0 bridgehead atoms. The van der Waals surface area contributed by atoms with Crippen LogP contribution in [0.4, 0.5) is 0 Å². The number of ether oxygens (including phenoxy) is 1. The number of pyridine rings is 1. The summed E-state index contributed by atoms with van der Waals surface area (Å²) in [6.07, 6.45) is 5.23. The van der Waals surface area contributed by atoms with Crippen LogP contribution in [0.15, 0.2) is 24.5 Å². The highest BCUT2D eigenvalue weighted by atomic mass is 16.5. The Morgan fingerprint density at radius 3 is 3.33 bits per heavy atom. The molecule has 1 aliphatic heterocycles. The average Bonchev–Trinajstić information content (AvgIpc) is 2.60. The summed E-state index contributed by atoms with van der Waals surface area (Å²) in [7, 11) is 0. The van der Waals surface area contributed by atoms with E-state index < -0.39 is 0 Å². The molecule has 0 saturated carbocycles. The maximum Gasteiger partial charge on any atom is 0.0673 e. The third kappa shape index (κ3) is 4.72. The van der Waals surface area contributed by atoms with Crippen molar-refractivity contribution < 1.29 is 4.74 Å². The average molecular weight is 249 g/mol. The van der Waals surface area contributed by atoms with E-state index in [1.807, 2.05) is 18.5 Å². The molecule has 100 valence electrons. The van der Waals surface area contributed by atoms with Crippen LogP contribution in [0.2, 0.25) is 0 Å². The first-order chi connectivity index (χ1) is 8.84. The summed E-state index contributed by atoms with van der Waals surface area (Å²) >= 11 is 0. The van der Waals surface area contributed by atoms with Gasteiger partial charge in [-0.1, -0.05) is 6.07 Å². The molecule has 1 aliphatic rings. The molecule has 1 N–H and O–H groups in total. The van der Waals surface area contributed by atoms with Gasteiger partial charge in [-0.25, -0.2) is 0 Å². The van der Waals surface area contributed by atoms with Crippen LogP contribution in [-0.2, 0) is 11.3 Å². The number of aromatic nitrogens is 1. The second-order valence-electron chi connectivity index (χ2n) is 4.87. The normalized spacial score (nSPS) is 21.7. The lowest BCUT2D eigenvalue weighted by molar-refractivity contribution is 0.0679. The predicted octanol–water partition coefficient (Wildman–Crippen LogP) is 1.28. The van der Waals surface area contributed by atoms with Crippen molar-refractivity contribution in [2.45, 2.75) is 26.0 Å². The summed E-state index contributed by atoms with van der Waals surface area (Å²) in [4.78, 5) is 6.59. The predicted molar refractivity (Wildman–Crippen MR) is 72.4 cm³/mol. The van der Waals surface area contributed by atoms with Crippen molar-refractivity contribution in [3.05, 3.63) is 30.1 Å². The highest BCUT2D eigenvalue weighted by Crippen LogP contribution is 2.04. The van der Waals surface area contributed by atoms with Gasteiger partial charge in [0, 0.05) is 51.7 Å². The van der Waals surface area contributed by atoms with E-state index in [0.717, 1.165) is 45.8 Å². The van der Waals surface area contributed by atoms with Gasteiger partial charge in [0.05, 0.1) is 6.10 Å². The quantitative estimate of drug-likeness (QED) is 0.798. The molecule has 0 radical (unpaired) electrons. The molecular formula is C14H23N3O. The summed E-state index contributed by atoms with van der Waals surface area (Å²) in [6, 6.07) is 4.08. The van der Waals surface area contributed by atoms with Crippen molar-refractivity contribution >= 4 is 0 Å².